The van der Waals surface area contributed by atoms with Crippen molar-refractivity contribution in [3.8, 4) is 0 Å². The summed E-state index contributed by atoms with van der Waals surface area (Å²) in [5.74, 6) is 6.18. The number of benzene rings is 1. The molecular weight excluding hydrogens is 259 g/mol. The Bertz CT molecular complexity index is 371. The van der Waals surface area contributed by atoms with Crippen LogP contribution in [0.2, 0.25) is 0 Å². The minimum atomic E-state index is -0.158. The van der Waals surface area contributed by atoms with E-state index in [0.29, 0.717) is 4.90 Å². The van der Waals surface area contributed by atoms with Crippen molar-refractivity contribution in [2.45, 2.75) is 43.0 Å². The number of hydrogen-bond donors (Lipinski definition) is 2. The van der Waals surface area contributed by atoms with E-state index in [0.717, 1.165) is 25.0 Å². The molecule has 0 spiro atoms. The first-order valence-corrected chi connectivity index (χ1v) is 7.71. The lowest BCUT2D eigenvalue weighted by Crippen LogP contribution is -2.36. The third-order valence-corrected chi connectivity index (χ3v) is 4.18. The fourth-order valence-electron chi connectivity index (χ4n) is 1.82. The largest absolute Gasteiger partial charge is 0.271 e. The van der Waals surface area contributed by atoms with Gasteiger partial charge in [-0.2, -0.15) is 0 Å². The summed E-state index contributed by atoms with van der Waals surface area (Å²) in [6.07, 6.45) is 7.56. The van der Waals surface area contributed by atoms with Crippen molar-refractivity contribution < 1.29 is 4.39 Å². The molecule has 19 heavy (non-hydrogen) atoms. The Balaban J connectivity index is 2.25. The van der Waals surface area contributed by atoms with E-state index < -0.39 is 0 Å². The van der Waals surface area contributed by atoms with Gasteiger partial charge in [0.25, 0.3) is 0 Å². The number of halogens is 1. The fraction of sp³-hybridized carbons (Fsp3) is 0.467. The van der Waals surface area contributed by atoms with Gasteiger partial charge in [-0.15, -0.1) is 18.3 Å². The van der Waals surface area contributed by atoms with Gasteiger partial charge in [0.05, 0.1) is 0 Å². The van der Waals surface area contributed by atoms with Crippen molar-refractivity contribution >= 4 is 11.8 Å². The molecule has 106 valence electrons. The van der Waals surface area contributed by atoms with Crippen LogP contribution in [0.25, 0.3) is 0 Å². The molecule has 0 saturated heterocycles. The molecule has 0 aliphatic rings. The number of allylic oxidation sites excluding steroid dienone is 1. The van der Waals surface area contributed by atoms with Crippen molar-refractivity contribution in [3.05, 3.63) is 42.7 Å². The van der Waals surface area contributed by atoms with E-state index in [9.17, 15) is 4.39 Å². The van der Waals surface area contributed by atoms with Crippen molar-refractivity contribution in [2.75, 3.05) is 5.75 Å². The molecule has 0 radical (unpaired) electrons. The van der Waals surface area contributed by atoms with Crippen LogP contribution in [0.5, 0.6) is 0 Å². The topological polar surface area (TPSA) is 38.0 Å². The van der Waals surface area contributed by atoms with Gasteiger partial charge >= 0.3 is 0 Å². The zero-order valence-corrected chi connectivity index (χ0v) is 12.1. The van der Waals surface area contributed by atoms with Crippen LogP contribution in [0.1, 0.15) is 32.1 Å². The number of thioether (sulfide) groups is 1. The molecule has 0 heterocycles. The van der Waals surface area contributed by atoms with Crippen molar-refractivity contribution in [3.63, 3.8) is 0 Å². The summed E-state index contributed by atoms with van der Waals surface area (Å²) in [5.41, 5.74) is 2.82. The summed E-state index contributed by atoms with van der Waals surface area (Å²) in [4.78, 5) is 0.689. The Kier molecular flexibility index (Phi) is 8.54. The van der Waals surface area contributed by atoms with Crippen molar-refractivity contribution in [1.29, 1.82) is 0 Å². The number of hydrogen-bond acceptors (Lipinski definition) is 3. The predicted octanol–water partition coefficient (Wildman–Crippen LogP) is 3.89. The summed E-state index contributed by atoms with van der Waals surface area (Å²) in [6, 6.07) is 7.08. The second kappa shape index (κ2) is 10.0. The van der Waals surface area contributed by atoms with Crippen LogP contribution < -0.4 is 11.3 Å². The molecule has 3 N–H and O–H groups in total. The molecule has 4 heteroatoms. The maximum absolute atomic E-state index is 13.5. The van der Waals surface area contributed by atoms with Crippen LogP contribution in [0, 0.1) is 5.82 Å². The molecule has 1 aromatic rings. The van der Waals surface area contributed by atoms with Crippen LogP contribution in [0.3, 0.4) is 0 Å². The first-order chi connectivity index (χ1) is 9.27. The number of hydrazine groups is 1. The fourth-order valence-corrected chi connectivity index (χ4v) is 2.85. The van der Waals surface area contributed by atoms with E-state index in [1.807, 2.05) is 12.1 Å². The van der Waals surface area contributed by atoms with Gasteiger partial charge in [-0.1, -0.05) is 31.1 Å². The summed E-state index contributed by atoms with van der Waals surface area (Å²) < 4.78 is 13.5. The maximum Gasteiger partial charge on any atom is 0.136 e. The number of rotatable bonds is 10. The normalized spacial score (nSPS) is 12.3. The lowest BCUT2D eigenvalue weighted by molar-refractivity contribution is 0.503. The Morgan fingerprint density at radius 1 is 1.32 bits per heavy atom. The molecule has 0 bridgehead atoms. The first-order valence-electron chi connectivity index (χ1n) is 6.72. The maximum atomic E-state index is 13.5. The third kappa shape index (κ3) is 6.76. The molecule has 1 rings (SSSR count). The smallest absolute Gasteiger partial charge is 0.136 e. The van der Waals surface area contributed by atoms with E-state index in [1.165, 1.54) is 30.7 Å². The Morgan fingerprint density at radius 2 is 2.11 bits per heavy atom. The van der Waals surface area contributed by atoms with Gasteiger partial charge in [-0.05, 0) is 31.4 Å². The highest BCUT2D eigenvalue weighted by molar-refractivity contribution is 7.99. The molecule has 0 saturated carbocycles. The molecular formula is C15H23FN2S. The average Bonchev–Trinajstić information content (AvgIpc) is 2.43. The van der Waals surface area contributed by atoms with Gasteiger partial charge in [0.2, 0.25) is 0 Å². The molecule has 0 aliphatic heterocycles. The average molecular weight is 282 g/mol. The van der Waals surface area contributed by atoms with Crippen LogP contribution in [-0.2, 0) is 0 Å². The summed E-state index contributed by atoms with van der Waals surface area (Å²) in [6.45, 7) is 3.71. The zero-order chi connectivity index (χ0) is 13.9. The summed E-state index contributed by atoms with van der Waals surface area (Å²) >= 11 is 1.51. The molecule has 0 aromatic heterocycles. The highest BCUT2D eigenvalue weighted by atomic mass is 32.2. The number of unbranched alkanes of at least 4 members (excludes halogenated alkanes) is 3. The summed E-state index contributed by atoms with van der Waals surface area (Å²) in [7, 11) is 0. The van der Waals surface area contributed by atoms with E-state index >= 15 is 0 Å². The van der Waals surface area contributed by atoms with Gasteiger partial charge in [-0.25, -0.2) is 4.39 Å². The molecule has 0 fully saturated rings. The predicted molar refractivity (Wildman–Crippen MR) is 81.5 cm³/mol. The second-order valence-electron chi connectivity index (χ2n) is 4.53. The van der Waals surface area contributed by atoms with Gasteiger partial charge in [0.1, 0.15) is 5.82 Å². The van der Waals surface area contributed by atoms with Gasteiger partial charge < -0.3 is 0 Å². The van der Waals surface area contributed by atoms with Crippen LogP contribution in [-0.4, -0.2) is 11.8 Å². The molecule has 1 aromatic carbocycles. The number of nitrogens with two attached hydrogens (primary N) is 1. The lowest BCUT2D eigenvalue weighted by Gasteiger charge is -2.15. The SMILES string of the molecule is C=CCCCCCC(CSc1ccccc1F)NN. The highest BCUT2D eigenvalue weighted by Gasteiger charge is 2.09. The molecule has 0 amide bonds. The molecule has 1 unspecified atom stereocenters. The van der Waals surface area contributed by atoms with E-state index in [-0.39, 0.29) is 11.9 Å². The van der Waals surface area contributed by atoms with E-state index in [2.05, 4.69) is 12.0 Å². The Labute approximate surface area is 119 Å². The van der Waals surface area contributed by atoms with E-state index in [4.69, 9.17) is 5.84 Å². The highest BCUT2D eigenvalue weighted by Crippen LogP contribution is 2.22. The Morgan fingerprint density at radius 3 is 2.79 bits per heavy atom. The summed E-state index contributed by atoms with van der Waals surface area (Å²) in [5, 5.41) is 0. The zero-order valence-electron chi connectivity index (χ0n) is 11.3. The van der Waals surface area contributed by atoms with Crippen LogP contribution in [0.4, 0.5) is 4.39 Å². The van der Waals surface area contributed by atoms with Crippen LogP contribution in [0.15, 0.2) is 41.8 Å². The minimum Gasteiger partial charge on any atom is -0.271 e. The van der Waals surface area contributed by atoms with Gasteiger partial charge in [0, 0.05) is 16.7 Å². The van der Waals surface area contributed by atoms with Crippen LogP contribution >= 0.6 is 11.8 Å². The van der Waals surface area contributed by atoms with E-state index in [1.54, 1.807) is 12.1 Å². The quantitative estimate of drug-likeness (QED) is 0.225. The Hall–Kier alpha value is -0.840. The van der Waals surface area contributed by atoms with Crippen molar-refractivity contribution in [2.24, 2.45) is 5.84 Å². The van der Waals surface area contributed by atoms with Gasteiger partial charge in [0.15, 0.2) is 0 Å². The molecule has 1 atom stereocenters. The molecule has 2 nitrogen and oxygen atoms in total. The lowest BCUT2D eigenvalue weighted by atomic mass is 10.1. The minimum absolute atomic E-state index is 0.158. The monoisotopic (exact) mass is 282 g/mol. The first kappa shape index (κ1) is 16.2. The second-order valence-corrected chi connectivity index (χ2v) is 5.59. The third-order valence-electron chi connectivity index (χ3n) is 2.97. The molecule has 0 aliphatic carbocycles. The van der Waals surface area contributed by atoms with Gasteiger partial charge in [-0.3, -0.25) is 11.3 Å². The van der Waals surface area contributed by atoms with Crippen molar-refractivity contribution in [1.82, 2.24) is 5.43 Å². The standard InChI is InChI=1S/C15H23FN2S/c1-2-3-4-5-6-9-13(18-17)12-19-15-11-8-7-10-14(15)16/h2,7-8,10-11,13,18H,1,3-6,9,12,17H2. The number of nitrogens with one attached hydrogen (secondary N) is 1.